The molecule has 1 amide bonds. The molecule has 3 aliphatic rings. The van der Waals surface area contributed by atoms with Crippen LogP contribution in [0.25, 0.3) is 0 Å². The van der Waals surface area contributed by atoms with Crippen LogP contribution in [0.2, 0.25) is 0 Å². The van der Waals surface area contributed by atoms with Crippen LogP contribution in [0.4, 0.5) is 0 Å². The molecular formula is C18H21NO4. The van der Waals surface area contributed by atoms with Gasteiger partial charge in [0.15, 0.2) is 0 Å². The summed E-state index contributed by atoms with van der Waals surface area (Å²) in [5, 5.41) is 9.41. The van der Waals surface area contributed by atoms with Crippen LogP contribution in [0.1, 0.15) is 37.7 Å². The van der Waals surface area contributed by atoms with Crippen molar-refractivity contribution in [3.63, 3.8) is 0 Å². The van der Waals surface area contributed by atoms with E-state index in [1.807, 2.05) is 24.3 Å². The van der Waals surface area contributed by atoms with Gasteiger partial charge in [-0.15, -0.1) is 0 Å². The van der Waals surface area contributed by atoms with Gasteiger partial charge in [-0.1, -0.05) is 18.2 Å². The molecule has 3 unspecified atom stereocenters. The Morgan fingerprint density at radius 3 is 2.91 bits per heavy atom. The molecule has 2 heterocycles. The van der Waals surface area contributed by atoms with Gasteiger partial charge >= 0.3 is 5.97 Å². The number of carbonyl (C=O) groups is 2. The van der Waals surface area contributed by atoms with Crippen molar-refractivity contribution in [2.24, 2.45) is 5.92 Å². The lowest BCUT2D eigenvalue weighted by molar-refractivity contribution is -0.152. The number of fused-ring (bicyclic) bond motifs is 2. The minimum Gasteiger partial charge on any atom is -0.493 e. The molecule has 1 spiro atoms. The van der Waals surface area contributed by atoms with Crippen LogP contribution in [-0.4, -0.2) is 41.1 Å². The van der Waals surface area contributed by atoms with Crippen LogP contribution in [-0.2, 0) is 15.0 Å². The Morgan fingerprint density at radius 1 is 1.26 bits per heavy atom. The first-order valence-corrected chi connectivity index (χ1v) is 8.39. The van der Waals surface area contributed by atoms with Crippen LogP contribution in [0.15, 0.2) is 24.3 Å². The monoisotopic (exact) mass is 315 g/mol. The number of rotatable bonds is 2. The number of likely N-dealkylation sites (tertiary alicyclic amines) is 1. The lowest BCUT2D eigenvalue weighted by Gasteiger charge is -2.34. The summed E-state index contributed by atoms with van der Waals surface area (Å²) < 4.78 is 5.71. The van der Waals surface area contributed by atoms with Crippen molar-refractivity contribution in [2.45, 2.75) is 43.6 Å². The standard InChI is InChI=1S/C18H21NO4/c20-16(19-9-4-3-6-14(19)17(21)22)13-11-18(13)8-10-23-15-7-2-1-5-12(15)18/h1-2,5,7,13-14H,3-4,6,8-11H2,(H,21,22). The zero-order valence-electron chi connectivity index (χ0n) is 13.0. The molecule has 1 N–H and O–H groups in total. The summed E-state index contributed by atoms with van der Waals surface area (Å²) in [6.07, 6.45) is 4.00. The van der Waals surface area contributed by atoms with E-state index in [0.717, 1.165) is 37.0 Å². The van der Waals surface area contributed by atoms with E-state index < -0.39 is 12.0 Å². The van der Waals surface area contributed by atoms with Gasteiger partial charge in [-0.3, -0.25) is 4.79 Å². The lowest BCUT2D eigenvalue weighted by atomic mass is 9.87. The van der Waals surface area contributed by atoms with Gasteiger partial charge in [0.05, 0.1) is 6.61 Å². The molecule has 0 bridgehead atoms. The maximum Gasteiger partial charge on any atom is 0.326 e. The highest BCUT2D eigenvalue weighted by atomic mass is 16.5. The van der Waals surface area contributed by atoms with E-state index in [1.165, 1.54) is 0 Å². The highest BCUT2D eigenvalue weighted by Crippen LogP contribution is 2.61. The molecule has 23 heavy (non-hydrogen) atoms. The molecule has 4 rings (SSSR count). The molecule has 3 atom stereocenters. The van der Waals surface area contributed by atoms with Gasteiger partial charge < -0.3 is 14.7 Å². The molecule has 2 fully saturated rings. The summed E-state index contributed by atoms with van der Waals surface area (Å²) in [5.41, 5.74) is 0.986. The Morgan fingerprint density at radius 2 is 2.09 bits per heavy atom. The zero-order chi connectivity index (χ0) is 16.0. The number of carbonyl (C=O) groups excluding carboxylic acids is 1. The second kappa shape index (κ2) is 5.25. The molecule has 1 aliphatic carbocycles. The molecule has 0 radical (unpaired) electrons. The molecule has 1 saturated carbocycles. The van der Waals surface area contributed by atoms with Crippen LogP contribution >= 0.6 is 0 Å². The van der Waals surface area contributed by atoms with E-state index >= 15 is 0 Å². The van der Waals surface area contributed by atoms with Gasteiger partial charge in [-0.2, -0.15) is 0 Å². The van der Waals surface area contributed by atoms with Crippen molar-refractivity contribution < 1.29 is 19.4 Å². The number of carboxylic acid groups (broad SMARTS) is 1. The predicted molar refractivity (Wildman–Crippen MR) is 83.3 cm³/mol. The molecular weight excluding hydrogens is 294 g/mol. The lowest BCUT2D eigenvalue weighted by Crippen LogP contribution is -2.49. The van der Waals surface area contributed by atoms with Gasteiger partial charge in [0.25, 0.3) is 0 Å². The number of aliphatic carboxylic acids is 1. The minimum absolute atomic E-state index is 0.0220. The van der Waals surface area contributed by atoms with E-state index in [1.54, 1.807) is 4.90 Å². The highest BCUT2D eigenvalue weighted by Gasteiger charge is 2.62. The van der Waals surface area contributed by atoms with Gasteiger partial charge in [-0.05, 0) is 38.2 Å². The van der Waals surface area contributed by atoms with Gasteiger partial charge in [-0.25, -0.2) is 4.79 Å². The molecule has 2 aliphatic heterocycles. The molecule has 0 aromatic heterocycles. The Balaban J connectivity index is 1.59. The number of benzene rings is 1. The van der Waals surface area contributed by atoms with Crippen LogP contribution in [0.3, 0.4) is 0 Å². The molecule has 122 valence electrons. The maximum absolute atomic E-state index is 13.0. The molecule has 5 nitrogen and oxygen atoms in total. The number of hydrogen-bond acceptors (Lipinski definition) is 3. The third-order valence-corrected chi connectivity index (χ3v) is 5.67. The first-order valence-electron chi connectivity index (χ1n) is 8.39. The molecule has 1 aromatic rings. The summed E-state index contributed by atoms with van der Waals surface area (Å²) in [6, 6.07) is 7.28. The predicted octanol–water partition coefficient (Wildman–Crippen LogP) is 2.19. The topological polar surface area (TPSA) is 66.8 Å². The van der Waals surface area contributed by atoms with Gasteiger partial charge in [0.1, 0.15) is 11.8 Å². The van der Waals surface area contributed by atoms with Crippen molar-refractivity contribution in [2.75, 3.05) is 13.2 Å². The zero-order valence-corrected chi connectivity index (χ0v) is 13.0. The Labute approximate surface area is 135 Å². The first kappa shape index (κ1) is 14.5. The van der Waals surface area contributed by atoms with Crippen LogP contribution in [0, 0.1) is 5.92 Å². The maximum atomic E-state index is 13.0. The fourth-order valence-corrected chi connectivity index (χ4v) is 4.34. The number of carboxylic acids is 1. The summed E-state index contributed by atoms with van der Waals surface area (Å²) >= 11 is 0. The quantitative estimate of drug-likeness (QED) is 0.908. The minimum atomic E-state index is -0.875. The van der Waals surface area contributed by atoms with Crippen molar-refractivity contribution in [1.29, 1.82) is 0 Å². The molecule has 1 saturated heterocycles. The largest absolute Gasteiger partial charge is 0.493 e. The SMILES string of the molecule is O=C(O)C1CCCCN1C(=O)C1CC12CCOc1ccccc12. The normalized spacial score (nSPS) is 32.1. The smallest absolute Gasteiger partial charge is 0.326 e. The summed E-state index contributed by atoms with van der Waals surface area (Å²) in [4.78, 5) is 26.1. The van der Waals surface area contributed by atoms with E-state index in [2.05, 4.69) is 0 Å². The average molecular weight is 315 g/mol. The number of hydrogen-bond donors (Lipinski definition) is 1. The summed E-state index contributed by atoms with van der Waals surface area (Å²) in [7, 11) is 0. The molecule has 1 aromatic carbocycles. The summed E-state index contributed by atoms with van der Waals surface area (Å²) in [5.74, 6) is -0.0658. The number of amides is 1. The van der Waals surface area contributed by atoms with Crippen molar-refractivity contribution >= 4 is 11.9 Å². The molecule has 5 heteroatoms. The van der Waals surface area contributed by atoms with Crippen molar-refractivity contribution in [1.82, 2.24) is 4.90 Å². The van der Waals surface area contributed by atoms with E-state index in [0.29, 0.717) is 19.6 Å². The number of piperidine rings is 1. The second-order valence-corrected chi connectivity index (χ2v) is 6.89. The van der Waals surface area contributed by atoms with Crippen molar-refractivity contribution in [3.05, 3.63) is 29.8 Å². The average Bonchev–Trinajstić information content (AvgIpc) is 3.29. The van der Waals surface area contributed by atoms with Crippen molar-refractivity contribution in [3.8, 4) is 5.75 Å². The second-order valence-electron chi connectivity index (χ2n) is 6.89. The Hall–Kier alpha value is -2.04. The third-order valence-electron chi connectivity index (χ3n) is 5.67. The number of ether oxygens (including phenoxy) is 1. The van der Waals surface area contributed by atoms with Crippen LogP contribution < -0.4 is 4.74 Å². The number of para-hydroxylation sites is 1. The van der Waals surface area contributed by atoms with E-state index in [-0.39, 0.29) is 17.2 Å². The third kappa shape index (κ3) is 2.21. The fourth-order valence-electron chi connectivity index (χ4n) is 4.34. The van der Waals surface area contributed by atoms with Gasteiger partial charge in [0, 0.05) is 23.4 Å². The Bertz CT molecular complexity index is 658. The fraction of sp³-hybridized carbons (Fsp3) is 0.556. The van der Waals surface area contributed by atoms with E-state index in [4.69, 9.17) is 4.74 Å². The van der Waals surface area contributed by atoms with E-state index in [9.17, 15) is 14.7 Å². The number of nitrogens with zero attached hydrogens (tertiary/aromatic N) is 1. The van der Waals surface area contributed by atoms with Gasteiger partial charge in [0.2, 0.25) is 5.91 Å². The van der Waals surface area contributed by atoms with Crippen LogP contribution in [0.5, 0.6) is 5.75 Å². The summed E-state index contributed by atoms with van der Waals surface area (Å²) in [6.45, 7) is 1.20. The highest BCUT2D eigenvalue weighted by molar-refractivity contribution is 5.89. The first-order chi connectivity index (χ1) is 11.1. The Kier molecular flexibility index (Phi) is 3.32.